The smallest absolute Gasteiger partial charge is 0.0455 e. The van der Waals surface area contributed by atoms with Crippen LogP contribution in [0, 0.1) is 5.92 Å². The first-order valence-corrected chi connectivity index (χ1v) is 5.55. The summed E-state index contributed by atoms with van der Waals surface area (Å²) in [6.45, 7) is 10.5. The van der Waals surface area contributed by atoms with Crippen LogP contribution in [-0.2, 0) is 0 Å². The van der Waals surface area contributed by atoms with E-state index in [-0.39, 0.29) is 0 Å². The molecule has 15 heavy (non-hydrogen) atoms. The van der Waals surface area contributed by atoms with Gasteiger partial charge in [-0.1, -0.05) is 13.8 Å². The van der Waals surface area contributed by atoms with Crippen molar-refractivity contribution >= 4 is 5.71 Å². The third kappa shape index (κ3) is 6.28. The van der Waals surface area contributed by atoms with Gasteiger partial charge < -0.3 is 10.2 Å². The summed E-state index contributed by atoms with van der Waals surface area (Å²) >= 11 is 0. The van der Waals surface area contributed by atoms with Crippen molar-refractivity contribution in [3.63, 3.8) is 0 Å². The molecule has 0 bridgehead atoms. The Hall–Kier alpha value is -0.830. The van der Waals surface area contributed by atoms with E-state index in [1.165, 1.54) is 11.4 Å². The Morgan fingerprint density at radius 2 is 2.00 bits per heavy atom. The van der Waals surface area contributed by atoms with Crippen molar-refractivity contribution in [2.24, 2.45) is 10.9 Å². The molecule has 0 fully saturated rings. The van der Waals surface area contributed by atoms with Crippen LogP contribution in [0.2, 0.25) is 0 Å². The fourth-order valence-electron chi connectivity index (χ4n) is 0.899. The highest BCUT2D eigenvalue weighted by molar-refractivity contribution is 5.84. The molecule has 0 aliphatic rings. The lowest BCUT2D eigenvalue weighted by atomic mass is 10.1. The summed E-state index contributed by atoms with van der Waals surface area (Å²) in [6, 6.07) is 0. The van der Waals surface area contributed by atoms with Gasteiger partial charge in [0.1, 0.15) is 0 Å². The average Bonchev–Trinajstić information content (AvgIpc) is 2.21. The lowest BCUT2D eigenvalue weighted by molar-refractivity contribution is 0.415. The Kier molecular flexibility index (Phi) is 7.05. The fourth-order valence-corrected chi connectivity index (χ4v) is 0.899. The molecule has 0 spiro atoms. The molecule has 0 aromatic heterocycles. The topological polar surface area (TPSA) is 27.6 Å². The predicted molar refractivity (Wildman–Crippen MR) is 68.3 cm³/mol. The quantitative estimate of drug-likeness (QED) is 0.681. The highest BCUT2D eigenvalue weighted by Crippen LogP contribution is 2.02. The van der Waals surface area contributed by atoms with Crippen LogP contribution < -0.4 is 5.32 Å². The van der Waals surface area contributed by atoms with E-state index in [0.717, 1.165) is 13.1 Å². The van der Waals surface area contributed by atoms with Crippen molar-refractivity contribution in [1.82, 2.24) is 10.2 Å². The number of nitrogens with zero attached hydrogens (tertiary/aromatic N) is 2. The molecule has 0 aromatic rings. The maximum Gasteiger partial charge on any atom is 0.0455 e. The molecule has 0 saturated carbocycles. The normalized spacial score (nSPS) is 13.5. The zero-order chi connectivity index (χ0) is 11.8. The Morgan fingerprint density at radius 3 is 2.47 bits per heavy atom. The van der Waals surface area contributed by atoms with Crippen LogP contribution in [0.1, 0.15) is 27.7 Å². The summed E-state index contributed by atoms with van der Waals surface area (Å²) in [6.07, 6.45) is 1.95. The first-order chi connectivity index (χ1) is 6.99. The molecular formula is C12H25N3. The van der Waals surface area contributed by atoms with E-state index >= 15 is 0 Å². The number of aliphatic imine (C=N–C) groups is 1. The fraction of sp³-hybridized carbons (Fsp3) is 0.750. The van der Waals surface area contributed by atoms with Crippen LogP contribution >= 0.6 is 0 Å². The second-order valence-electron chi connectivity index (χ2n) is 4.22. The molecule has 3 nitrogen and oxygen atoms in total. The van der Waals surface area contributed by atoms with Crippen LogP contribution in [0.25, 0.3) is 0 Å². The van der Waals surface area contributed by atoms with E-state index in [2.05, 4.69) is 50.0 Å². The molecule has 0 unspecified atom stereocenters. The molecule has 0 atom stereocenters. The van der Waals surface area contributed by atoms with E-state index in [0.29, 0.717) is 5.92 Å². The molecule has 0 amide bonds. The third-order valence-electron chi connectivity index (χ3n) is 2.59. The summed E-state index contributed by atoms with van der Waals surface area (Å²) in [5.41, 5.74) is 2.38. The largest absolute Gasteiger partial charge is 0.376 e. The molecule has 0 saturated heterocycles. The number of allylic oxidation sites excluding steroid dienone is 1. The zero-order valence-corrected chi connectivity index (χ0v) is 11.0. The highest BCUT2D eigenvalue weighted by Gasteiger charge is 1.98. The molecule has 0 aliphatic carbocycles. The van der Waals surface area contributed by atoms with Crippen LogP contribution in [0.3, 0.4) is 0 Å². The maximum absolute atomic E-state index is 4.45. The van der Waals surface area contributed by atoms with Crippen molar-refractivity contribution in [2.45, 2.75) is 27.7 Å². The average molecular weight is 211 g/mol. The van der Waals surface area contributed by atoms with Crippen LogP contribution in [0.4, 0.5) is 0 Å². The van der Waals surface area contributed by atoms with E-state index in [9.17, 15) is 0 Å². The van der Waals surface area contributed by atoms with Gasteiger partial charge in [0.05, 0.1) is 0 Å². The van der Waals surface area contributed by atoms with Crippen molar-refractivity contribution < 1.29 is 0 Å². The van der Waals surface area contributed by atoms with Crippen molar-refractivity contribution in [3.05, 3.63) is 11.9 Å². The minimum Gasteiger partial charge on any atom is -0.376 e. The molecule has 88 valence electrons. The van der Waals surface area contributed by atoms with Gasteiger partial charge in [-0.3, -0.25) is 4.99 Å². The number of hydrogen-bond donors (Lipinski definition) is 1. The summed E-state index contributed by atoms with van der Waals surface area (Å²) in [7, 11) is 4.05. The first kappa shape index (κ1) is 14.2. The van der Waals surface area contributed by atoms with Crippen molar-refractivity contribution in [1.29, 1.82) is 0 Å². The Labute approximate surface area is 94.3 Å². The van der Waals surface area contributed by atoms with Crippen molar-refractivity contribution in [2.75, 3.05) is 27.2 Å². The van der Waals surface area contributed by atoms with E-state index in [1.807, 2.05) is 13.2 Å². The number of nitrogens with one attached hydrogen (secondary N) is 1. The molecule has 0 aliphatic heterocycles. The van der Waals surface area contributed by atoms with Gasteiger partial charge in [-0.25, -0.2) is 0 Å². The van der Waals surface area contributed by atoms with Gasteiger partial charge in [-0.05, 0) is 26.8 Å². The van der Waals surface area contributed by atoms with E-state index in [1.54, 1.807) is 0 Å². The van der Waals surface area contributed by atoms with Gasteiger partial charge in [-0.15, -0.1) is 0 Å². The Morgan fingerprint density at radius 1 is 1.40 bits per heavy atom. The lowest BCUT2D eigenvalue weighted by Crippen LogP contribution is -2.25. The predicted octanol–water partition coefficient (Wildman–Crippen LogP) is 2.12. The van der Waals surface area contributed by atoms with E-state index in [4.69, 9.17) is 0 Å². The molecule has 0 aromatic carbocycles. The van der Waals surface area contributed by atoms with Crippen molar-refractivity contribution in [3.8, 4) is 0 Å². The monoisotopic (exact) mass is 211 g/mol. The number of rotatable bonds is 6. The lowest BCUT2D eigenvalue weighted by Gasteiger charge is -2.18. The maximum atomic E-state index is 4.45. The second-order valence-corrected chi connectivity index (χ2v) is 4.22. The number of likely N-dealkylation sites (N-methyl/N-ethyl adjacent to an activating group) is 2. The molecule has 0 radical (unpaired) electrons. The Balaban J connectivity index is 4.24. The summed E-state index contributed by atoms with van der Waals surface area (Å²) in [4.78, 5) is 6.65. The summed E-state index contributed by atoms with van der Waals surface area (Å²) in [5.74, 6) is 0.525. The van der Waals surface area contributed by atoms with Crippen LogP contribution in [0.15, 0.2) is 16.9 Å². The molecule has 1 N–H and O–H groups in total. The Bertz CT molecular complexity index is 229. The third-order valence-corrected chi connectivity index (χ3v) is 2.59. The molecule has 0 heterocycles. The number of hydrogen-bond acceptors (Lipinski definition) is 3. The minimum absolute atomic E-state index is 0.525. The van der Waals surface area contributed by atoms with Gasteiger partial charge in [0, 0.05) is 37.7 Å². The minimum atomic E-state index is 0.525. The summed E-state index contributed by atoms with van der Waals surface area (Å²) < 4.78 is 0. The zero-order valence-electron chi connectivity index (χ0n) is 11.0. The van der Waals surface area contributed by atoms with Crippen LogP contribution in [-0.4, -0.2) is 37.8 Å². The van der Waals surface area contributed by atoms with Gasteiger partial charge >= 0.3 is 0 Å². The summed E-state index contributed by atoms with van der Waals surface area (Å²) in [5, 5.41) is 3.13. The van der Waals surface area contributed by atoms with Crippen LogP contribution in [0.5, 0.6) is 0 Å². The van der Waals surface area contributed by atoms with Gasteiger partial charge in [-0.2, -0.15) is 0 Å². The highest BCUT2D eigenvalue weighted by atomic mass is 15.1. The first-order valence-electron chi connectivity index (χ1n) is 5.55. The van der Waals surface area contributed by atoms with Gasteiger partial charge in [0.15, 0.2) is 0 Å². The SMILES string of the molecule is CNCCN(C)/C(C)=C/N=C(C)C(C)C. The molecule has 0 rings (SSSR count). The van der Waals surface area contributed by atoms with Gasteiger partial charge in [0.2, 0.25) is 0 Å². The molecular weight excluding hydrogens is 186 g/mol. The standard InChI is InChI=1S/C12H25N3/c1-10(2)12(4)14-9-11(3)15(6)8-7-13-5/h9-10,13H,7-8H2,1-6H3/b11-9+,14-12?. The van der Waals surface area contributed by atoms with E-state index < -0.39 is 0 Å². The second kappa shape index (κ2) is 7.46. The van der Waals surface area contributed by atoms with Gasteiger partial charge in [0.25, 0.3) is 0 Å². The molecule has 3 heteroatoms.